The van der Waals surface area contributed by atoms with Crippen LogP contribution in [0.5, 0.6) is 0 Å². The minimum atomic E-state index is 0.0912. The van der Waals surface area contributed by atoms with Crippen molar-refractivity contribution in [3.8, 4) is 11.4 Å². The number of amides is 1. The number of aromatic nitrogens is 3. The summed E-state index contributed by atoms with van der Waals surface area (Å²) in [6.45, 7) is 2.09. The van der Waals surface area contributed by atoms with Gasteiger partial charge < -0.3 is 9.47 Å². The maximum absolute atomic E-state index is 12.9. The lowest BCUT2D eigenvalue weighted by molar-refractivity contribution is -0.116. The molecule has 1 aliphatic rings. The number of benzene rings is 2. The highest BCUT2D eigenvalue weighted by Crippen LogP contribution is 2.33. The first-order valence-corrected chi connectivity index (χ1v) is 10.1. The lowest BCUT2D eigenvalue weighted by Gasteiger charge is -2.22. The van der Waals surface area contributed by atoms with E-state index in [4.69, 9.17) is 11.6 Å². The predicted molar refractivity (Wildman–Crippen MR) is 109 cm³/mol. The van der Waals surface area contributed by atoms with E-state index in [-0.39, 0.29) is 11.9 Å². The normalized spacial score (nSPS) is 15.8. The summed E-state index contributed by atoms with van der Waals surface area (Å²) < 4.78 is 1.91. The third-order valence-corrected chi connectivity index (χ3v) is 5.99. The minimum absolute atomic E-state index is 0.0912. The number of carbonyl (C=O) groups excluding carboxylic acids is 1. The first-order valence-electron chi connectivity index (χ1n) is 8.72. The van der Waals surface area contributed by atoms with Gasteiger partial charge in [0, 0.05) is 29.4 Å². The Kier molecular flexibility index (Phi) is 4.93. The molecule has 1 aromatic heterocycles. The largest absolute Gasteiger partial charge is 0.308 e. The van der Waals surface area contributed by atoms with E-state index < -0.39 is 0 Å². The maximum Gasteiger partial charge on any atom is 0.237 e. The van der Waals surface area contributed by atoms with E-state index in [1.165, 1.54) is 17.3 Å². The number of hydrogen-bond acceptors (Lipinski definition) is 4. The zero-order valence-corrected chi connectivity index (χ0v) is 16.7. The molecule has 3 aromatic rings. The molecule has 0 bridgehead atoms. The monoisotopic (exact) mass is 398 g/mol. The molecule has 0 unspecified atom stereocenters. The van der Waals surface area contributed by atoms with Crippen LogP contribution in [-0.2, 0) is 18.3 Å². The number of para-hydroxylation sites is 1. The van der Waals surface area contributed by atoms with Crippen molar-refractivity contribution >= 4 is 35.0 Å². The van der Waals surface area contributed by atoms with Gasteiger partial charge in [0.1, 0.15) is 0 Å². The van der Waals surface area contributed by atoms with Crippen molar-refractivity contribution in [2.45, 2.75) is 24.5 Å². The summed E-state index contributed by atoms with van der Waals surface area (Å²) in [5.41, 5.74) is 3.19. The molecule has 1 aliphatic heterocycles. The average molecular weight is 399 g/mol. The van der Waals surface area contributed by atoms with Gasteiger partial charge in [0.15, 0.2) is 11.0 Å². The van der Waals surface area contributed by atoms with Crippen molar-refractivity contribution in [3.63, 3.8) is 0 Å². The third-order valence-electron chi connectivity index (χ3n) is 4.74. The molecule has 0 N–H and O–H groups in total. The molecular formula is C20H19ClN4OS. The number of anilines is 1. The second-order valence-corrected chi connectivity index (χ2v) is 7.99. The second kappa shape index (κ2) is 7.37. The van der Waals surface area contributed by atoms with E-state index in [2.05, 4.69) is 23.2 Å². The van der Waals surface area contributed by atoms with Crippen LogP contribution in [0.1, 0.15) is 12.5 Å². The maximum atomic E-state index is 12.9. The zero-order chi connectivity index (χ0) is 19.0. The quantitative estimate of drug-likeness (QED) is 0.618. The number of hydrogen-bond donors (Lipinski definition) is 0. The summed E-state index contributed by atoms with van der Waals surface area (Å²) in [6.07, 6.45) is 0.900. The van der Waals surface area contributed by atoms with Crippen molar-refractivity contribution in [3.05, 3.63) is 59.1 Å². The molecule has 2 aromatic carbocycles. The number of rotatable bonds is 4. The van der Waals surface area contributed by atoms with Crippen LogP contribution in [0.3, 0.4) is 0 Å². The summed E-state index contributed by atoms with van der Waals surface area (Å²) in [6, 6.07) is 15.8. The van der Waals surface area contributed by atoms with Crippen LogP contribution in [0, 0.1) is 0 Å². The molecule has 0 spiro atoms. The van der Waals surface area contributed by atoms with Gasteiger partial charge in [0.25, 0.3) is 0 Å². The van der Waals surface area contributed by atoms with Crippen molar-refractivity contribution in [2.24, 2.45) is 7.05 Å². The lowest BCUT2D eigenvalue weighted by Crippen LogP contribution is -2.37. The van der Waals surface area contributed by atoms with Gasteiger partial charge in [-0.15, -0.1) is 10.2 Å². The molecule has 0 saturated heterocycles. The Morgan fingerprint density at radius 3 is 2.70 bits per heavy atom. The molecule has 27 heavy (non-hydrogen) atoms. The van der Waals surface area contributed by atoms with Crippen molar-refractivity contribution < 1.29 is 4.79 Å². The highest BCUT2D eigenvalue weighted by Gasteiger charge is 2.30. The minimum Gasteiger partial charge on any atom is -0.308 e. The molecule has 7 heteroatoms. The molecule has 4 rings (SSSR count). The van der Waals surface area contributed by atoms with Crippen molar-refractivity contribution in [1.82, 2.24) is 14.8 Å². The van der Waals surface area contributed by atoms with Crippen molar-refractivity contribution in [1.29, 1.82) is 0 Å². The summed E-state index contributed by atoms with van der Waals surface area (Å²) in [4.78, 5) is 14.8. The molecule has 5 nitrogen and oxygen atoms in total. The standard InChI is InChI=1S/C20H19ClN4OS/c1-13-11-15-5-3-4-6-17(15)25(13)18(26)12-27-20-23-22-19(24(20)2)14-7-9-16(21)10-8-14/h3-10,13H,11-12H2,1-2H3/t13-/m0/s1. The fraction of sp³-hybridized carbons (Fsp3) is 0.250. The summed E-state index contributed by atoms with van der Waals surface area (Å²) in [7, 11) is 1.91. The molecule has 138 valence electrons. The lowest BCUT2D eigenvalue weighted by atomic mass is 10.1. The summed E-state index contributed by atoms with van der Waals surface area (Å²) in [5, 5.41) is 9.91. The molecule has 2 heterocycles. The zero-order valence-electron chi connectivity index (χ0n) is 15.1. The van der Waals surface area contributed by atoms with Crippen LogP contribution in [0.4, 0.5) is 5.69 Å². The SMILES string of the molecule is C[C@H]1Cc2ccccc2N1C(=O)CSc1nnc(-c2ccc(Cl)cc2)n1C. The molecule has 0 aliphatic carbocycles. The van der Waals surface area contributed by atoms with Crippen LogP contribution < -0.4 is 4.90 Å². The van der Waals surface area contributed by atoms with Crippen LogP contribution in [0.15, 0.2) is 53.7 Å². The van der Waals surface area contributed by atoms with Crippen LogP contribution in [0.25, 0.3) is 11.4 Å². The van der Waals surface area contributed by atoms with Gasteiger partial charge >= 0.3 is 0 Å². The fourth-order valence-corrected chi connectivity index (χ4v) is 4.33. The fourth-order valence-electron chi connectivity index (χ4n) is 3.43. The van der Waals surface area contributed by atoms with Crippen LogP contribution in [-0.4, -0.2) is 32.5 Å². The van der Waals surface area contributed by atoms with Gasteiger partial charge in [0.2, 0.25) is 5.91 Å². The number of carbonyl (C=O) groups is 1. The Labute approximate surface area is 167 Å². The van der Waals surface area contributed by atoms with Gasteiger partial charge in [-0.25, -0.2) is 0 Å². The first-order chi connectivity index (χ1) is 13.0. The first kappa shape index (κ1) is 18.1. The Morgan fingerprint density at radius 2 is 1.93 bits per heavy atom. The Morgan fingerprint density at radius 1 is 1.19 bits per heavy atom. The number of fused-ring (bicyclic) bond motifs is 1. The number of halogens is 1. The number of nitrogens with zero attached hydrogens (tertiary/aromatic N) is 4. The van der Waals surface area contributed by atoms with E-state index in [1.54, 1.807) is 0 Å². The average Bonchev–Trinajstić information content (AvgIpc) is 3.19. The Bertz CT molecular complexity index is 986. The Hall–Kier alpha value is -2.31. The number of thioether (sulfide) groups is 1. The van der Waals surface area contributed by atoms with Crippen LogP contribution in [0.2, 0.25) is 5.02 Å². The second-order valence-electron chi connectivity index (χ2n) is 6.61. The van der Waals surface area contributed by atoms with Gasteiger partial charge in [-0.05, 0) is 49.2 Å². The Balaban J connectivity index is 1.48. The predicted octanol–water partition coefficient (Wildman–Crippen LogP) is 4.21. The van der Waals surface area contributed by atoms with E-state index >= 15 is 0 Å². The van der Waals surface area contributed by atoms with E-state index in [9.17, 15) is 4.79 Å². The molecule has 0 radical (unpaired) electrons. The highest BCUT2D eigenvalue weighted by atomic mass is 35.5. The van der Waals surface area contributed by atoms with E-state index in [0.29, 0.717) is 15.9 Å². The van der Waals surface area contributed by atoms with Gasteiger partial charge in [0.05, 0.1) is 5.75 Å². The van der Waals surface area contributed by atoms with Gasteiger partial charge in [-0.2, -0.15) is 0 Å². The summed E-state index contributed by atoms with van der Waals surface area (Å²) in [5.74, 6) is 1.17. The summed E-state index contributed by atoms with van der Waals surface area (Å²) >= 11 is 7.36. The third kappa shape index (κ3) is 3.47. The van der Waals surface area contributed by atoms with Crippen LogP contribution >= 0.6 is 23.4 Å². The van der Waals surface area contributed by atoms with Crippen molar-refractivity contribution in [2.75, 3.05) is 10.7 Å². The van der Waals surface area contributed by atoms with Gasteiger partial charge in [-0.3, -0.25) is 4.79 Å². The molecule has 1 atom stereocenters. The molecular weight excluding hydrogens is 380 g/mol. The van der Waals surface area contributed by atoms with Gasteiger partial charge in [-0.1, -0.05) is 41.6 Å². The molecule has 0 fully saturated rings. The molecule has 1 amide bonds. The molecule has 0 saturated carbocycles. The van der Waals surface area contributed by atoms with E-state index in [1.807, 2.05) is 59.0 Å². The highest BCUT2D eigenvalue weighted by molar-refractivity contribution is 7.99. The topological polar surface area (TPSA) is 51.0 Å². The smallest absolute Gasteiger partial charge is 0.237 e. The van der Waals surface area contributed by atoms with E-state index in [0.717, 1.165) is 23.5 Å².